The molecular formula is C13H11NO2. The van der Waals surface area contributed by atoms with Crippen molar-refractivity contribution in [2.24, 2.45) is 0 Å². The van der Waals surface area contributed by atoms with Gasteiger partial charge in [0.1, 0.15) is 0 Å². The molecule has 16 heavy (non-hydrogen) atoms. The Bertz CT molecular complexity index is 500. The lowest BCUT2D eigenvalue weighted by Gasteiger charge is -2.01. The molecule has 3 nitrogen and oxygen atoms in total. The van der Waals surface area contributed by atoms with Crippen LogP contribution in [0.5, 0.6) is 0 Å². The summed E-state index contributed by atoms with van der Waals surface area (Å²) in [6.07, 6.45) is 0. The Kier molecular flexibility index (Phi) is 2.68. The molecule has 2 aromatic rings. The lowest BCUT2D eigenvalue weighted by molar-refractivity contribution is -0.384. The van der Waals surface area contributed by atoms with Gasteiger partial charge < -0.3 is 0 Å². The largest absolute Gasteiger partial charge is 0.269 e. The maximum Gasteiger partial charge on any atom is 0.269 e. The van der Waals surface area contributed by atoms with E-state index >= 15 is 0 Å². The summed E-state index contributed by atoms with van der Waals surface area (Å²) in [4.78, 5) is 10.1. The second kappa shape index (κ2) is 4.14. The van der Waals surface area contributed by atoms with Crippen LogP contribution in [0.2, 0.25) is 0 Å². The maximum absolute atomic E-state index is 10.5. The van der Waals surface area contributed by atoms with Crippen molar-refractivity contribution in [2.45, 2.75) is 6.92 Å². The first-order chi connectivity index (χ1) is 7.66. The minimum absolute atomic E-state index is 0.121. The van der Waals surface area contributed by atoms with Crippen molar-refractivity contribution in [3.63, 3.8) is 0 Å². The average molecular weight is 213 g/mol. The van der Waals surface area contributed by atoms with Crippen LogP contribution in [-0.4, -0.2) is 4.92 Å². The normalized spacial score (nSPS) is 10.1. The summed E-state index contributed by atoms with van der Waals surface area (Å²) in [7, 11) is 0. The van der Waals surface area contributed by atoms with Gasteiger partial charge in [-0.15, -0.1) is 0 Å². The first kappa shape index (κ1) is 10.4. The zero-order chi connectivity index (χ0) is 11.5. The summed E-state index contributed by atoms with van der Waals surface area (Å²) < 4.78 is 0. The lowest BCUT2D eigenvalue weighted by Crippen LogP contribution is -1.87. The van der Waals surface area contributed by atoms with Crippen molar-refractivity contribution in [3.8, 4) is 11.1 Å². The number of nitro benzene ring substituents is 1. The van der Waals surface area contributed by atoms with Crippen LogP contribution in [0.15, 0.2) is 48.5 Å². The predicted octanol–water partition coefficient (Wildman–Crippen LogP) is 3.57. The SMILES string of the molecule is Cc1ccc(-c2ccc([N+](=O)[O-])cc2)cc1. The standard InChI is InChI=1S/C13H11NO2/c1-10-2-4-11(5-3-10)12-6-8-13(9-7-12)14(15)16/h2-9H,1H3. The number of nitro groups is 1. The molecule has 0 aliphatic heterocycles. The van der Waals surface area contributed by atoms with Crippen molar-refractivity contribution in [2.75, 3.05) is 0 Å². The van der Waals surface area contributed by atoms with Crippen molar-refractivity contribution in [1.29, 1.82) is 0 Å². The summed E-state index contributed by atoms with van der Waals surface area (Å²) in [6, 6.07) is 14.6. The average Bonchev–Trinajstić information content (AvgIpc) is 2.30. The second-order valence-electron chi connectivity index (χ2n) is 3.67. The zero-order valence-electron chi connectivity index (χ0n) is 8.88. The number of benzene rings is 2. The van der Waals surface area contributed by atoms with Crippen LogP contribution in [0, 0.1) is 17.0 Å². The number of rotatable bonds is 2. The van der Waals surface area contributed by atoms with Crippen LogP contribution >= 0.6 is 0 Å². The van der Waals surface area contributed by atoms with E-state index in [1.807, 2.05) is 31.2 Å². The summed E-state index contributed by atoms with van der Waals surface area (Å²) in [5, 5.41) is 10.5. The molecule has 0 radical (unpaired) electrons. The number of non-ortho nitro benzene ring substituents is 1. The van der Waals surface area contributed by atoms with Crippen LogP contribution < -0.4 is 0 Å². The summed E-state index contributed by atoms with van der Waals surface area (Å²) >= 11 is 0. The second-order valence-corrected chi connectivity index (χ2v) is 3.67. The maximum atomic E-state index is 10.5. The molecule has 3 heteroatoms. The van der Waals surface area contributed by atoms with Crippen LogP contribution in [-0.2, 0) is 0 Å². The molecule has 0 heterocycles. The molecule has 2 aromatic carbocycles. The molecule has 0 aliphatic carbocycles. The van der Waals surface area contributed by atoms with Crippen LogP contribution in [0.4, 0.5) is 5.69 Å². The molecule has 0 aromatic heterocycles. The van der Waals surface area contributed by atoms with Gasteiger partial charge in [-0.2, -0.15) is 0 Å². The predicted molar refractivity (Wildman–Crippen MR) is 63.3 cm³/mol. The molecular weight excluding hydrogens is 202 g/mol. The van der Waals surface area contributed by atoms with Crippen LogP contribution in [0.3, 0.4) is 0 Å². The van der Waals surface area contributed by atoms with Crippen molar-refractivity contribution in [1.82, 2.24) is 0 Å². The Morgan fingerprint density at radius 3 is 1.75 bits per heavy atom. The molecule has 0 spiro atoms. The smallest absolute Gasteiger partial charge is 0.258 e. The van der Waals surface area contributed by atoms with Gasteiger partial charge in [0.05, 0.1) is 4.92 Å². The minimum Gasteiger partial charge on any atom is -0.258 e. The van der Waals surface area contributed by atoms with Crippen molar-refractivity contribution in [3.05, 3.63) is 64.2 Å². The monoisotopic (exact) mass is 213 g/mol. The first-order valence-corrected chi connectivity index (χ1v) is 4.98. The topological polar surface area (TPSA) is 43.1 Å². The van der Waals surface area contributed by atoms with E-state index in [1.165, 1.54) is 17.7 Å². The fraction of sp³-hybridized carbons (Fsp3) is 0.0769. The first-order valence-electron chi connectivity index (χ1n) is 4.98. The highest BCUT2D eigenvalue weighted by Crippen LogP contribution is 2.22. The van der Waals surface area contributed by atoms with Crippen molar-refractivity contribution >= 4 is 5.69 Å². The van der Waals surface area contributed by atoms with Crippen LogP contribution in [0.1, 0.15) is 5.56 Å². The fourth-order valence-corrected chi connectivity index (χ4v) is 1.52. The third kappa shape index (κ3) is 2.08. The number of aryl methyl sites for hydroxylation is 1. The summed E-state index contributed by atoms with van der Waals surface area (Å²) in [6.45, 7) is 2.03. The molecule has 0 saturated carbocycles. The molecule has 0 atom stereocenters. The Morgan fingerprint density at radius 1 is 0.875 bits per heavy atom. The number of hydrogen-bond donors (Lipinski definition) is 0. The van der Waals surface area contributed by atoms with E-state index in [0.29, 0.717) is 0 Å². The number of nitrogens with zero attached hydrogens (tertiary/aromatic N) is 1. The Morgan fingerprint density at radius 2 is 1.31 bits per heavy atom. The van der Waals surface area contributed by atoms with E-state index in [4.69, 9.17) is 0 Å². The molecule has 0 bridgehead atoms. The number of hydrogen-bond acceptors (Lipinski definition) is 2. The molecule has 2 rings (SSSR count). The van der Waals surface area contributed by atoms with E-state index in [2.05, 4.69) is 0 Å². The molecule has 80 valence electrons. The zero-order valence-corrected chi connectivity index (χ0v) is 8.88. The van der Waals surface area contributed by atoms with E-state index in [0.717, 1.165) is 11.1 Å². The van der Waals surface area contributed by atoms with Crippen LogP contribution in [0.25, 0.3) is 11.1 Å². The molecule has 0 fully saturated rings. The molecule has 0 aliphatic rings. The fourth-order valence-electron chi connectivity index (χ4n) is 1.52. The van der Waals surface area contributed by atoms with Gasteiger partial charge in [-0.05, 0) is 30.2 Å². The quantitative estimate of drug-likeness (QED) is 0.565. The van der Waals surface area contributed by atoms with Gasteiger partial charge in [0, 0.05) is 12.1 Å². The summed E-state index contributed by atoms with van der Waals surface area (Å²) in [5.41, 5.74) is 3.38. The van der Waals surface area contributed by atoms with E-state index in [1.54, 1.807) is 12.1 Å². The third-order valence-electron chi connectivity index (χ3n) is 2.46. The summed E-state index contributed by atoms with van der Waals surface area (Å²) in [5.74, 6) is 0. The van der Waals surface area contributed by atoms with Gasteiger partial charge in [-0.3, -0.25) is 10.1 Å². The van der Waals surface area contributed by atoms with Gasteiger partial charge in [-0.1, -0.05) is 29.8 Å². The van der Waals surface area contributed by atoms with Gasteiger partial charge in [0.25, 0.3) is 5.69 Å². The molecule has 0 N–H and O–H groups in total. The van der Waals surface area contributed by atoms with Gasteiger partial charge >= 0.3 is 0 Å². The van der Waals surface area contributed by atoms with E-state index in [-0.39, 0.29) is 10.6 Å². The Balaban J connectivity index is 2.34. The Hall–Kier alpha value is -2.16. The Labute approximate surface area is 93.5 Å². The van der Waals surface area contributed by atoms with Gasteiger partial charge in [0.15, 0.2) is 0 Å². The molecule has 0 saturated heterocycles. The van der Waals surface area contributed by atoms with Gasteiger partial charge in [0.2, 0.25) is 0 Å². The minimum atomic E-state index is -0.390. The highest BCUT2D eigenvalue weighted by molar-refractivity contribution is 5.64. The van der Waals surface area contributed by atoms with Crippen molar-refractivity contribution < 1.29 is 4.92 Å². The van der Waals surface area contributed by atoms with E-state index < -0.39 is 0 Å². The third-order valence-corrected chi connectivity index (χ3v) is 2.46. The molecule has 0 unspecified atom stereocenters. The van der Waals surface area contributed by atoms with E-state index in [9.17, 15) is 10.1 Å². The highest BCUT2D eigenvalue weighted by atomic mass is 16.6. The highest BCUT2D eigenvalue weighted by Gasteiger charge is 2.04. The lowest BCUT2D eigenvalue weighted by atomic mass is 10.0. The molecule has 0 amide bonds. The van der Waals surface area contributed by atoms with Gasteiger partial charge in [-0.25, -0.2) is 0 Å².